The molecule has 0 saturated carbocycles. The molecule has 0 saturated heterocycles. The fourth-order valence-electron chi connectivity index (χ4n) is 1.95. The summed E-state index contributed by atoms with van der Waals surface area (Å²) in [4.78, 5) is 6.55. The van der Waals surface area contributed by atoms with Crippen LogP contribution >= 0.6 is 11.6 Å². The number of rotatable bonds is 4. The van der Waals surface area contributed by atoms with E-state index in [0.717, 1.165) is 23.8 Å². The van der Waals surface area contributed by atoms with Gasteiger partial charge < -0.3 is 0 Å². The van der Waals surface area contributed by atoms with Gasteiger partial charge in [-0.1, -0.05) is 35.9 Å². The van der Waals surface area contributed by atoms with Crippen LogP contribution < -0.4 is 0 Å². The van der Waals surface area contributed by atoms with Gasteiger partial charge in [0, 0.05) is 24.3 Å². The first-order valence-electron chi connectivity index (χ1n) is 5.98. The van der Waals surface area contributed by atoms with E-state index in [9.17, 15) is 0 Å². The normalized spacial score (nSPS) is 10.9. The molecule has 2 rings (SSSR count). The van der Waals surface area contributed by atoms with Crippen LogP contribution in [0.15, 0.2) is 42.6 Å². The highest BCUT2D eigenvalue weighted by atomic mass is 35.5. The van der Waals surface area contributed by atoms with Crippen molar-refractivity contribution in [3.05, 3.63) is 64.4 Å². The molecule has 0 aliphatic rings. The van der Waals surface area contributed by atoms with E-state index in [1.165, 1.54) is 11.1 Å². The second-order valence-electron chi connectivity index (χ2n) is 4.56. The third-order valence-corrected chi connectivity index (χ3v) is 3.15. The van der Waals surface area contributed by atoms with E-state index < -0.39 is 0 Å². The Balaban J connectivity index is 2.01. The van der Waals surface area contributed by atoms with Crippen LogP contribution in [0.3, 0.4) is 0 Å². The maximum absolute atomic E-state index is 5.96. The Morgan fingerprint density at radius 3 is 2.67 bits per heavy atom. The Labute approximate surface area is 113 Å². The van der Waals surface area contributed by atoms with Crippen molar-refractivity contribution < 1.29 is 0 Å². The van der Waals surface area contributed by atoms with E-state index in [4.69, 9.17) is 11.6 Å². The van der Waals surface area contributed by atoms with Crippen LogP contribution in [0.4, 0.5) is 0 Å². The van der Waals surface area contributed by atoms with E-state index >= 15 is 0 Å². The van der Waals surface area contributed by atoms with Crippen LogP contribution in [0.2, 0.25) is 5.02 Å². The molecule has 94 valence electrons. The minimum Gasteiger partial charge on any atom is -0.296 e. The maximum Gasteiger partial charge on any atom is 0.0558 e. The molecule has 3 heteroatoms. The molecule has 0 aliphatic heterocycles. The average Bonchev–Trinajstić information content (AvgIpc) is 2.32. The molecule has 0 unspecified atom stereocenters. The zero-order valence-corrected chi connectivity index (χ0v) is 11.5. The summed E-state index contributed by atoms with van der Waals surface area (Å²) in [6, 6.07) is 12.2. The summed E-state index contributed by atoms with van der Waals surface area (Å²) in [5.74, 6) is 0. The Hall–Kier alpha value is -1.38. The summed E-state index contributed by atoms with van der Waals surface area (Å²) in [6.45, 7) is 3.86. The number of hydrogen-bond acceptors (Lipinski definition) is 2. The zero-order valence-electron chi connectivity index (χ0n) is 10.7. The van der Waals surface area contributed by atoms with E-state index in [0.29, 0.717) is 0 Å². The minimum atomic E-state index is 0.740. The number of halogens is 1. The van der Waals surface area contributed by atoms with Crippen molar-refractivity contribution >= 4 is 11.6 Å². The van der Waals surface area contributed by atoms with Gasteiger partial charge in [0.15, 0.2) is 0 Å². The monoisotopic (exact) mass is 260 g/mol. The fourth-order valence-corrected chi connectivity index (χ4v) is 2.13. The number of benzene rings is 1. The number of nitrogens with zero attached hydrogens (tertiary/aromatic N) is 2. The van der Waals surface area contributed by atoms with Gasteiger partial charge in [0.25, 0.3) is 0 Å². The first-order valence-corrected chi connectivity index (χ1v) is 6.36. The quantitative estimate of drug-likeness (QED) is 0.834. The standard InChI is InChI=1S/C15H17ClN2/c1-12-5-3-4-6-13(12)10-18(2)11-15-9-14(16)7-8-17-15/h3-9H,10-11H2,1-2H3. The van der Waals surface area contributed by atoms with E-state index in [-0.39, 0.29) is 0 Å². The molecule has 18 heavy (non-hydrogen) atoms. The van der Waals surface area contributed by atoms with Crippen molar-refractivity contribution in [2.75, 3.05) is 7.05 Å². The Bertz CT molecular complexity index is 525. The van der Waals surface area contributed by atoms with Crippen molar-refractivity contribution in [2.45, 2.75) is 20.0 Å². The molecule has 0 radical (unpaired) electrons. The molecule has 0 spiro atoms. The lowest BCUT2D eigenvalue weighted by Crippen LogP contribution is -2.18. The van der Waals surface area contributed by atoms with Gasteiger partial charge in [-0.2, -0.15) is 0 Å². The number of aromatic nitrogens is 1. The smallest absolute Gasteiger partial charge is 0.0558 e. The summed E-state index contributed by atoms with van der Waals surface area (Å²) in [7, 11) is 2.09. The fraction of sp³-hybridized carbons (Fsp3) is 0.267. The molecule has 0 N–H and O–H groups in total. The third-order valence-electron chi connectivity index (χ3n) is 2.91. The van der Waals surface area contributed by atoms with E-state index in [2.05, 4.69) is 48.1 Å². The molecule has 2 nitrogen and oxygen atoms in total. The number of hydrogen-bond donors (Lipinski definition) is 0. The van der Waals surface area contributed by atoms with Crippen molar-refractivity contribution in [3.63, 3.8) is 0 Å². The largest absolute Gasteiger partial charge is 0.296 e. The molecule has 0 bridgehead atoms. The molecule has 1 aromatic carbocycles. The Morgan fingerprint density at radius 1 is 1.17 bits per heavy atom. The molecular weight excluding hydrogens is 244 g/mol. The lowest BCUT2D eigenvalue weighted by atomic mass is 10.1. The third kappa shape index (κ3) is 3.56. The predicted molar refractivity (Wildman–Crippen MR) is 75.6 cm³/mol. The SMILES string of the molecule is Cc1ccccc1CN(C)Cc1cc(Cl)ccn1. The molecule has 0 aliphatic carbocycles. The van der Waals surface area contributed by atoms with Gasteiger partial charge in [0.1, 0.15) is 0 Å². The van der Waals surface area contributed by atoms with Crippen LogP contribution in [-0.2, 0) is 13.1 Å². The molecule has 0 atom stereocenters. The maximum atomic E-state index is 5.96. The van der Waals surface area contributed by atoms with Gasteiger partial charge in [-0.25, -0.2) is 0 Å². The second kappa shape index (κ2) is 5.98. The Morgan fingerprint density at radius 2 is 1.94 bits per heavy atom. The highest BCUT2D eigenvalue weighted by Gasteiger charge is 2.04. The molecule has 0 fully saturated rings. The molecule has 1 heterocycles. The van der Waals surface area contributed by atoms with E-state index in [1.54, 1.807) is 12.3 Å². The van der Waals surface area contributed by atoms with Crippen LogP contribution in [-0.4, -0.2) is 16.9 Å². The van der Waals surface area contributed by atoms with Gasteiger partial charge in [-0.3, -0.25) is 9.88 Å². The summed E-state index contributed by atoms with van der Waals surface area (Å²) >= 11 is 5.96. The first kappa shape index (κ1) is 13.1. The zero-order chi connectivity index (χ0) is 13.0. The van der Waals surface area contributed by atoms with Crippen molar-refractivity contribution in [1.82, 2.24) is 9.88 Å². The summed E-state index contributed by atoms with van der Waals surface area (Å²) < 4.78 is 0. The highest BCUT2D eigenvalue weighted by molar-refractivity contribution is 6.30. The lowest BCUT2D eigenvalue weighted by Gasteiger charge is -2.17. The molecule has 0 amide bonds. The predicted octanol–water partition coefficient (Wildman–Crippen LogP) is 3.68. The summed E-state index contributed by atoms with van der Waals surface area (Å²) in [5.41, 5.74) is 3.67. The van der Waals surface area contributed by atoms with Crippen molar-refractivity contribution in [1.29, 1.82) is 0 Å². The molecule has 1 aromatic heterocycles. The van der Waals surface area contributed by atoms with Crippen molar-refractivity contribution in [3.8, 4) is 0 Å². The molecular formula is C15H17ClN2. The van der Waals surface area contributed by atoms with Gasteiger partial charge in [0.05, 0.1) is 5.69 Å². The molecule has 2 aromatic rings. The summed E-state index contributed by atoms with van der Waals surface area (Å²) in [5, 5.41) is 0.740. The topological polar surface area (TPSA) is 16.1 Å². The van der Waals surface area contributed by atoms with Crippen molar-refractivity contribution in [2.24, 2.45) is 0 Å². The Kier molecular flexibility index (Phi) is 4.34. The number of aryl methyl sites for hydroxylation is 1. The lowest BCUT2D eigenvalue weighted by molar-refractivity contribution is 0.314. The number of pyridine rings is 1. The van der Waals surface area contributed by atoms with Crippen LogP contribution in [0.1, 0.15) is 16.8 Å². The van der Waals surface area contributed by atoms with Crippen LogP contribution in [0.5, 0.6) is 0 Å². The highest BCUT2D eigenvalue weighted by Crippen LogP contribution is 2.13. The summed E-state index contributed by atoms with van der Waals surface area (Å²) in [6.07, 6.45) is 1.75. The van der Waals surface area contributed by atoms with Gasteiger partial charge in [-0.05, 0) is 37.2 Å². The van der Waals surface area contributed by atoms with Crippen LogP contribution in [0, 0.1) is 6.92 Å². The van der Waals surface area contributed by atoms with Gasteiger partial charge in [-0.15, -0.1) is 0 Å². The van der Waals surface area contributed by atoms with Gasteiger partial charge >= 0.3 is 0 Å². The van der Waals surface area contributed by atoms with Crippen LogP contribution in [0.25, 0.3) is 0 Å². The first-order chi connectivity index (χ1) is 8.65. The van der Waals surface area contributed by atoms with E-state index in [1.807, 2.05) is 6.07 Å². The van der Waals surface area contributed by atoms with Gasteiger partial charge in [0.2, 0.25) is 0 Å². The second-order valence-corrected chi connectivity index (χ2v) is 5.00. The minimum absolute atomic E-state index is 0.740. The average molecular weight is 261 g/mol.